The second kappa shape index (κ2) is 9.89. The molecule has 0 saturated heterocycles. The molecule has 0 aromatic heterocycles. The van der Waals surface area contributed by atoms with Crippen molar-refractivity contribution >= 4 is 43.3 Å². The number of hydrazone groups is 1. The zero-order chi connectivity index (χ0) is 22.4. The maximum absolute atomic E-state index is 13.3. The van der Waals surface area contributed by atoms with Crippen LogP contribution < -0.4 is 9.73 Å². The molecule has 31 heavy (non-hydrogen) atoms. The second-order valence-corrected chi connectivity index (χ2v) is 9.68. The van der Waals surface area contributed by atoms with E-state index in [4.69, 9.17) is 0 Å². The lowest BCUT2D eigenvalue weighted by Gasteiger charge is -2.24. The Labute approximate surface area is 190 Å². The van der Waals surface area contributed by atoms with E-state index in [0.717, 1.165) is 15.4 Å². The highest BCUT2D eigenvalue weighted by atomic mass is 79.9. The van der Waals surface area contributed by atoms with Crippen LogP contribution in [0.25, 0.3) is 0 Å². The Morgan fingerprint density at radius 1 is 1.00 bits per heavy atom. The minimum absolute atomic E-state index is 0.0992. The van der Waals surface area contributed by atoms with Crippen molar-refractivity contribution < 1.29 is 13.2 Å². The Hall–Kier alpha value is -2.97. The van der Waals surface area contributed by atoms with E-state index in [9.17, 15) is 13.2 Å². The monoisotopic (exact) mass is 499 g/mol. The summed E-state index contributed by atoms with van der Waals surface area (Å²) >= 11 is 3.36. The lowest BCUT2D eigenvalue weighted by atomic mass is 10.1. The number of hydrogen-bond donors (Lipinski definition) is 1. The van der Waals surface area contributed by atoms with Gasteiger partial charge in [-0.05, 0) is 49.7 Å². The van der Waals surface area contributed by atoms with Crippen LogP contribution in [0, 0.1) is 6.92 Å². The Morgan fingerprint density at radius 3 is 2.32 bits per heavy atom. The fourth-order valence-corrected chi connectivity index (χ4v) is 4.66. The van der Waals surface area contributed by atoms with Crippen molar-refractivity contribution in [3.63, 3.8) is 0 Å². The summed E-state index contributed by atoms with van der Waals surface area (Å²) in [4.78, 5) is 12.7. The molecule has 3 aromatic rings. The van der Waals surface area contributed by atoms with Gasteiger partial charge in [0.1, 0.15) is 6.54 Å². The van der Waals surface area contributed by atoms with E-state index in [1.807, 2.05) is 31.2 Å². The van der Waals surface area contributed by atoms with Crippen LogP contribution in [0.5, 0.6) is 0 Å². The van der Waals surface area contributed by atoms with E-state index in [1.54, 1.807) is 49.4 Å². The van der Waals surface area contributed by atoms with E-state index < -0.39 is 22.5 Å². The van der Waals surface area contributed by atoms with E-state index in [0.29, 0.717) is 15.9 Å². The SMILES string of the molecule is C/C(=N/NC(=O)CN(c1cccc(Br)c1)S(=O)(=O)c1ccccc1)c1ccc(C)cc1. The van der Waals surface area contributed by atoms with Crippen molar-refractivity contribution in [2.45, 2.75) is 18.7 Å². The molecule has 0 fully saturated rings. The van der Waals surface area contributed by atoms with E-state index in [-0.39, 0.29) is 4.90 Å². The first-order valence-corrected chi connectivity index (χ1v) is 11.7. The van der Waals surface area contributed by atoms with Gasteiger partial charge in [-0.2, -0.15) is 5.10 Å². The topological polar surface area (TPSA) is 78.8 Å². The lowest BCUT2D eigenvalue weighted by Crippen LogP contribution is -2.39. The second-order valence-electron chi connectivity index (χ2n) is 6.90. The standard InChI is InChI=1S/C23H22BrN3O3S/c1-17-11-13-19(14-12-17)18(2)25-26-23(28)16-27(21-8-6-7-20(24)15-21)31(29,30)22-9-4-3-5-10-22/h3-15H,16H2,1-2H3,(H,26,28)/b25-18-. The third-order valence-corrected chi connectivity index (χ3v) is 6.81. The van der Waals surface area contributed by atoms with Gasteiger partial charge in [-0.25, -0.2) is 13.8 Å². The molecule has 1 N–H and O–H groups in total. The van der Waals surface area contributed by atoms with Crippen molar-refractivity contribution in [2.75, 3.05) is 10.8 Å². The van der Waals surface area contributed by atoms with Crippen LogP contribution in [-0.4, -0.2) is 26.6 Å². The first-order valence-electron chi connectivity index (χ1n) is 9.51. The first-order chi connectivity index (χ1) is 14.8. The van der Waals surface area contributed by atoms with Crippen LogP contribution in [0.15, 0.2) is 93.3 Å². The normalized spacial score (nSPS) is 11.8. The minimum atomic E-state index is -3.96. The molecule has 0 radical (unpaired) electrons. The van der Waals surface area contributed by atoms with E-state index in [2.05, 4.69) is 26.5 Å². The number of anilines is 1. The quantitative estimate of drug-likeness (QED) is 0.384. The van der Waals surface area contributed by atoms with Gasteiger partial charge in [-0.15, -0.1) is 0 Å². The van der Waals surface area contributed by atoms with Crippen LogP contribution in [-0.2, 0) is 14.8 Å². The summed E-state index contributed by atoms with van der Waals surface area (Å²) in [6.07, 6.45) is 0. The maximum Gasteiger partial charge on any atom is 0.264 e. The van der Waals surface area contributed by atoms with Crippen molar-refractivity contribution in [3.8, 4) is 0 Å². The molecule has 0 atom stereocenters. The molecule has 0 aliphatic carbocycles. The molecule has 3 aromatic carbocycles. The Kier molecular flexibility index (Phi) is 7.25. The fraction of sp³-hybridized carbons (Fsp3) is 0.130. The van der Waals surface area contributed by atoms with Gasteiger partial charge in [0.25, 0.3) is 15.9 Å². The van der Waals surface area contributed by atoms with Crippen LogP contribution in [0.1, 0.15) is 18.1 Å². The van der Waals surface area contributed by atoms with Gasteiger partial charge in [-0.1, -0.05) is 70.0 Å². The smallest absolute Gasteiger partial charge is 0.264 e. The van der Waals surface area contributed by atoms with Crippen LogP contribution in [0.3, 0.4) is 0 Å². The predicted molar refractivity (Wildman–Crippen MR) is 127 cm³/mol. The fourth-order valence-electron chi connectivity index (χ4n) is 2.84. The van der Waals surface area contributed by atoms with Crippen LogP contribution >= 0.6 is 15.9 Å². The van der Waals surface area contributed by atoms with Crippen molar-refractivity contribution in [3.05, 3.63) is 94.5 Å². The Morgan fingerprint density at radius 2 is 1.68 bits per heavy atom. The number of benzene rings is 3. The van der Waals surface area contributed by atoms with Gasteiger partial charge in [0.2, 0.25) is 0 Å². The number of amides is 1. The highest BCUT2D eigenvalue weighted by Crippen LogP contribution is 2.26. The average Bonchev–Trinajstić information content (AvgIpc) is 2.76. The number of aryl methyl sites for hydroxylation is 1. The number of rotatable bonds is 7. The summed E-state index contributed by atoms with van der Waals surface area (Å²) in [6.45, 7) is 3.35. The van der Waals surface area contributed by atoms with Gasteiger partial charge in [0.15, 0.2) is 0 Å². The summed E-state index contributed by atoms with van der Waals surface area (Å²) in [5, 5.41) is 4.13. The number of nitrogens with zero attached hydrogens (tertiary/aromatic N) is 2. The third-order valence-electron chi connectivity index (χ3n) is 4.53. The number of carbonyl (C=O) groups is 1. The van der Waals surface area contributed by atoms with E-state index >= 15 is 0 Å². The molecule has 0 bridgehead atoms. The number of nitrogens with one attached hydrogen (secondary N) is 1. The zero-order valence-corrected chi connectivity index (χ0v) is 19.5. The maximum atomic E-state index is 13.3. The summed E-state index contributed by atoms with van der Waals surface area (Å²) < 4.78 is 28.3. The molecule has 0 aliphatic heterocycles. The number of hydrogen-bond acceptors (Lipinski definition) is 4. The molecule has 0 saturated carbocycles. The summed E-state index contributed by atoms with van der Waals surface area (Å²) in [5.74, 6) is -0.550. The Bertz CT molecular complexity index is 1190. The Balaban J connectivity index is 1.86. The van der Waals surface area contributed by atoms with Gasteiger partial charge in [0, 0.05) is 4.47 Å². The van der Waals surface area contributed by atoms with Gasteiger partial charge in [0.05, 0.1) is 16.3 Å². The molecular weight excluding hydrogens is 478 g/mol. The first kappa shape index (κ1) is 22.7. The molecule has 8 heteroatoms. The third kappa shape index (κ3) is 5.80. The molecule has 0 aliphatic rings. The van der Waals surface area contributed by atoms with E-state index in [1.165, 1.54) is 12.1 Å². The van der Waals surface area contributed by atoms with Crippen molar-refractivity contribution in [1.82, 2.24) is 5.43 Å². The number of halogens is 1. The van der Waals surface area contributed by atoms with Gasteiger partial charge in [-0.3, -0.25) is 9.10 Å². The molecule has 0 spiro atoms. The van der Waals surface area contributed by atoms with Crippen LogP contribution in [0.4, 0.5) is 5.69 Å². The molecule has 3 rings (SSSR count). The molecular formula is C23H22BrN3O3S. The lowest BCUT2D eigenvalue weighted by molar-refractivity contribution is -0.119. The largest absolute Gasteiger partial charge is 0.271 e. The number of sulfonamides is 1. The van der Waals surface area contributed by atoms with Gasteiger partial charge < -0.3 is 0 Å². The van der Waals surface area contributed by atoms with Crippen molar-refractivity contribution in [2.24, 2.45) is 5.10 Å². The highest BCUT2D eigenvalue weighted by molar-refractivity contribution is 9.10. The van der Waals surface area contributed by atoms with Crippen molar-refractivity contribution in [1.29, 1.82) is 0 Å². The molecule has 160 valence electrons. The highest BCUT2D eigenvalue weighted by Gasteiger charge is 2.27. The minimum Gasteiger partial charge on any atom is -0.271 e. The molecule has 1 amide bonds. The molecule has 0 heterocycles. The van der Waals surface area contributed by atoms with Crippen LogP contribution in [0.2, 0.25) is 0 Å². The summed E-state index contributed by atoms with van der Waals surface area (Å²) in [7, 11) is -3.96. The average molecular weight is 500 g/mol. The van der Waals surface area contributed by atoms with Gasteiger partial charge >= 0.3 is 0 Å². The summed E-state index contributed by atoms with van der Waals surface area (Å²) in [5.41, 5.74) is 5.44. The summed E-state index contributed by atoms with van der Waals surface area (Å²) in [6, 6.07) is 22.5. The zero-order valence-electron chi connectivity index (χ0n) is 17.1. The molecule has 6 nitrogen and oxygen atoms in total. The number of carbonyl (C=O) groups excluding carboxylic acids is 1. The predicted octanol–water partition coefficient (Wildman–Crippen LogP) is 4.49. The molecule has 0 unspecified atom stereocenters.